The summed E-state index contributed by atoms with van der Waals surface area (Å²) in [5, 5.41) is 0. The maximum atomic E-state index is 13.7. The molecule has 3 amide bonds. The van der Waals surface area contributed by atoms with Crippen molar-refractivity contribution in [3.05, 3.63) is 77.9 Å². The second-order valence-electron chi connectivity index (χ2n) is 8.80. The van der Waals surface area contributed by atoms with Crippen LogP contribution in [0.5, 0.6) is 11.5 Å². The van der Waals surface area contributed by atoms with E-state index in [1.54, 1.807) is 34.1 Å². The first-order valence-electron chi connectivity index (χ1n) is 11.7. The fraction of sp³-hybridized carbons (Fsp3) is 0.231. The number of amides is 3. The Morgan fingerprint density at radius 3 is 2.35 bits per heavy atom. The molecule has 5 rings (SSSR count). The summed E-state index contributed by atoms with van der Waals surface area (Å²) in [6.45, 7) is 0.667. The van der Waals surface area contributed by atoms with E-state index in [0.29, 0.717) is 22.7 Å². The summed E-state index contributed by atoms with van der Waals surface area (Å²) in [5.41, 5.74) is 5.72. The molecule has 0 unspecified atom stereocenters. The Morgan fingerprint density at radius 2 is 1.62 bits per heavy atom. The zero-order chi connectivity index (χ0) is 26.0. The Kier molecular flexibility index (Phi) is 6.72. The summed E-state index contributed by atoms with van der Waals surface area (Å²) < 4.78 is 34.8. The molecule has 2 heterocycles. The van der Waals surface area contributed by atoms with Crippen molar-refractivity contribution in [1.29, 1.82) is 0 Å². The van der Waals surface area contributed by atoms with E-state index in [9.17, 15) is 18.0 Å². The Hall–Kier alpha value is -4.09. The van der Waals surface area contributed by atoms with Gasteiger partial charge in [-0.1, -0.05) is 30.3 Å². The van der Waals surface area contributed by atoms with Gasteiger partial charge in [0, 0.05) is 24.3 Å². The zero-order valence-corrected chi connectivity index (χ0v) is 20.7. The molecule has 2 aliphatic rings. The van der Waals surface area contributed by atoms with E-state index >= 15 is 0 Å². The molecule has 0 bridgehead atoms. The van der Waals surface area contributed by atoms with Gasteiger partial charge in [-0.15, -0.1) is 0 Å². The smallest absolute Gasteiger partial charge is 0.324 e. The highest BCUT2D eigenvalue weighted by atomic mass is 32.2. The molecule has 0 radical (unpaired) electrons. The quantitative estimate of drug-likeness (QED) is 0.299. The minimum Gasteiger partial charge on any atom is -0.454 e. The Balaban J connectivity index is 1.46. The average Bonchev–Trinajstić information content (AvgIpc) is 3.39. The van der Waals surface area contributed by atoms with E-state index in [1.807, 2.05) is 42.5 Å². The number of hydrogen-bond donors (Lipinski definition) is 2. The van der Waals surface area contributed by atoms with Crippen molar-refractivity contribution in [3.8, 4) is 22.6 Å². The van der Waals surface area contributed by atoms with Crippen molar-refractivity contribution in [2.75, 3.05) is 36.3 Å². The van der Waals surface area contributed by atoms with Gasteiger partial charge in [0.2, 0.25) is 6.79 Å². The number of hydrazine groups is 1. The van der Waals surface area contributed by atoms with Crippen molar-refractivity contribution < 1.29 is 27.5 Å². The first-order valence-corrected chi connectivity index (χ1v) is 13.5. The van der Waals surface area contributed by atoms with Gasteiger partial charge in [0.05, 0.1) is 18.1 Å². The fourth-order valence-electron chi connectivity index (χ4n) is 4.30. The van der Waals surface area contributed by atoms with Crippen molar-refractivity contribution in [3.63, 3.8) is 0 Å². The number of carbonyl (C=O) groups excluding carboxylic acids is 2. The molecule has 10 nitrogen and oxygen atoms in total. The van der Waals surface area contributed by atoms with Gasteiger partial charge in [0.1, 0.15) is 0 Å². The molecule has 3 N–H and O–H groups in total. The molecule has 0 spiro atoms. The number of benzene rings is 3. The monoisotopic (exact) mass is 522 g/mol. The maximum Gasteiger partial charge on any atom is 0.324 e. The van der Waals surface area contributed by atoms with E-state index in [1.165, 1.54) is 0 Å². The summed E-state index contributed by atoms with van der Waals surface area (Å²) in [6, 6.07) is 19.7. The predicted octanol–water partition coefficient (Wildman–Crippen LogP) is 2.54. The van der Waals surface area contributed by atoms with Crippen LogP contribution in [0.2, 0.25) is 0 Å². The molecular weight excluding hydrogens is 496 g/mol. The van der Waals surface area contributed by atoms with Gasteiger partial charge >= 0.3 is 6.03 Å². The van der Waals surface area contributed by atoms with E-state index < -0.39 is 15.7 Å². The van der Waals surface area contributed by atoms with Crippen molar-refractivity contribution in [2.24, 2.45) is 5.84 Å². The van der Waals surface area contributed by atoms with Crippen LogP contribution in [0.1, 0.15) is 15.9 Å². The van der Waals surface area contributed by atoms with Gasteiger partial charge < -0.3 is 14.4 Å². The molecule has 2 aliphatic heterocycles. The lowest BCUT2D eigenvalue weighted by Crippen LogP contribution is -2.49. The first kappa shape index (κ1) is 24.6. The Morgan fingerprint density at radius 1 is 0.919 bits per heavy atom. The zero-order valence-electron chi connectivity index (χ0n) is 19.9. The molecule has 0 aromatic heterocycles. The van der Waals surface area contributed by atoms with Gasteiger partial charge in [-0.25, -0.2) is 19.1 Å². The van der Waals surface area contributed by atoms with Crippen LogP contribution in [0, 0.1) is 0 Å². The number of carbonyl (C=O) groups is 2. The van der Waals surface area contributed by atoms with Crippen LogP contribution in [0.15, 0.2) is 66.7 Å². The van der Waals surface area contributed by atoms with Gasteiger partial charge in [0.25, 0.3) is 5.91 Å². The van der Waals surface area contributed by atoms with E-state index in [0.717, 1.165) is 16.7 Å². The largest absolute Gasteiger partial charge is 0.454 e. The number of anilines is 1. The minimum atomic E-state index is -3.14. The Bertz CT molecular complexity index is 1430. The molecule has 3 aromatic carbocycles. The van der Waals surface area contributed by atoms with Gasteiger partial charge in [-0.2, -0.15) is 0 Å². The van der Waals surface area contributed by atoms with Crippen LogP contribution >= 0.6 is 0 Å². The van der Waals surface area contributed by atoms with Gasteiger partial charge in [-0.05, 0) is 53.1 Å². The maximum absolute atomic E-state index is 13.7. The standard InChI is InChI=1S/C26H26N4O6S/c27-28-25(31)19-6-4-18(5-7-19)16-30(26(32)29-10-12-37(33,34)13-11-29)22-3-1-2-20(14-22)21-8-9-23-24(15-21)36-17-35-23/h1-9,14-15H,10-13,16-17,27H2,(H,28,31). The number of nitrogens with zero attached hydrogens (tertiary/aromatic N) is 2. The van der Waals surface area contributed by atoms with Crippen LogP contribution < -0.4 is 25.6 Å². The van der Waals surface area contributed by atoms with Crippen molar-refractivity contribution in [2.45, 2.75) is 6.54 Å². The van der Waals surface area contributed by atoms with Gasteiger partial charge in [-0.3, -0.25) is 15.1 Å². The summed E-state index contributed by atoms with van der Waals surface area (Å²) in [5.74, 6) is 6.02. The molecule has 0 aliphatic carbocycles. The molecular formula is C26H26N4O6S. The number of sulfone groups is 1. The number of nitrogens with two attached hydrogens (primary N) is 1. The fourth-order valence-corrected chi connectivity index (χ4v) is 5.50. The van der Waals surface area contributed by atoms with E-state index in [-0.39, 0.29) is 44.0 Å². The number of nitrogen functional groups attached to an aromatic ring is 1. The molecule has 3 aromatic rings. The number of nitrogens with one attached hydrogen (secondary N) is 1. The minimum absolute atomic E-state index is 0.0628. The molecule has 11 heteroatoms. The number of urea groups is 1. The Labute approximate surface area is 214 Å². The third kappa shape index (κ3) is 5.37. The molecule has 37 heavy (non-hydrogen) atoms. The van der Waals surface area contributed by atoms with Crippen molar-refractivity contribution >= 4 is 27.5 Å². The molecule has 192 valence electrons. The lowest BCUT2D eigenvalue weighted by molar-refractivity contribution is 0.0953. The summed E-state index contributed by atoms with van der Waals surface area (Å²) in [7, 11) is -3.14. The van der Waals surface area contributed by atoms with Crippen LogP contribution in [0.4, 0.5) is 10.5 Å². The number of hydrogen-bond acceptors (Lipinski definition) is 7. The van der Waals surface area contributed by atoms with E-state index in [2.05, 4.69) is 5.43 Å². The molecule has 1 fully saturated rings. The van der Waals surface area contributed by atoms with Crippen LogP contribution in [-0.2, 0) is 16.4 Å². The summed E-state index contributed by atoms with van der Waals surface area (Å²) >= 11 is 0. The summed E-state index contributed by atoms with van der Waals surface area (Å²) in [6.07, 6.45) is 0. The number of rotatable bonds is 5. The highest BCUT2D eigenvalue weighted by Gasteiger charge is 2.29. The summed E-state index contributed by atoms with van der Waals surface area (Å²) in [4.78, 5) is 28.7. The highest BCUT2D eigenvalue weighted by Crippen LogP contribution is 2.37. The third-order valence-corrected chi connectivity index (χ3v) is 8.01. The highest BCUT2D eigenvalue weighted by molar-refractivity contribution is 7.91. The lowest BCUT2D eigenvalue weighted by Gasteiger charge is -2.33. The first-order chi connectivity index (χ1) is 17.8. The average molecular weight is 523 g/mol. The lowest BCUT2D eigenvalue weighted by atomic mass is 10.0. The van der Waals surface area contributed by atoms with Crippen LogP contribution in [-0.4, -0.2) is 56.6 Å². The predicted molar refractivity (Wildman–Crippen MR) is 138 cm³/mol. The molecule has 0 saturated carbocycles. The van der Waals surface area contributed by atoms with Crippen LogP contribution in [0.3, 0.4) is 0 Å². The SMILES string of the molecule is NNC(=O)c1ccc(CN(C(=O)N2CCS(=O)(=O)CC2)c2cccc(-c3ccc4c(c3)OCO4)c2)cc1. The topological polar surface area (TPSA) is 131 Å². The third-order valence-electron chi connectivity index (χ3n) is 6.40. The second-order valence-corrected chi connectivity index (χ2v) is 11.1. The normalized spacial score (nSPS) is 15.8. The second kappa shape index (κ2) is 10.1. The number of ether oxygens (including phenoxy) is 2. The molecule has 0 atom stereocenters. The van der Waals surface area contributed by atoms with Gasteiger partial charge in [0.15, 0.2) is 21.3 Å². The number of fused-ring (bicyclic) bond motifs is 1. The van der Waals surface area contributed by atoms with Crippen molar-refractivity contribution in [1.82, 2.24) is 10.3 Å². The molecule has 1 saturated heterocycles. The van der Waals surface area contributed by atoms with E-state index in [4.69, 9.17) is 15.3 Å². The van der Waals surface area contributed by atoms with Crippen LogP contribution in [0.25, 0.3) is 11.1 Å².